The summed E-state index contributed by atoms with van der Waals surface area (Å²) in [4.78, 5) is 0. The topological polar surface area (TPSA) is 29.5 Å². The van der Waals surface area contributed by atoms with E-state index in [1.165, 1.54) is 6.42 Å². The first-order valence-corrected chi connectivity index (χ1v) is 5.19. The molecule has 1 atom stereocenters. The van der Waals surface area contributed by atoms with Gasteiger partial charge in [-0.15, -0.1) is 0 Å². The van der Waals surface area contributed by atoms with Crippen molar-refractivity contribution in [3.8, 4) is 0 Å². The molecule has 0 aromatic heterocycles. The molecule has 80 valence electrons. The predicted octanol–water partition coefficient (Wildman–Crippen LogP) is 2.60. The van der Waals surface area contributed by atoms with E-state index in [0.717, 1.165) is 25.2 Å². The Balaban J connectivity index is 3.50. The van der Waals surface area contributed by atoms with Gasteiger partial charge in [0.25, 0.3) is 0 Å². The molecule has 13 heavy (non-hydrogen) atoms. The van der Waals surface area contributed by atoms with Crippen LogP contribution in [0.4, 0.5) is 0 Å². The van der Waals surface area contributed by atoms with Gasteiger partial charge >= 0.3 is 0 Å². The highest BCUT2D eigenvalue weighted by molar-refractivity contribution is 4.72. The number of hydrogen-bond donors (Lipinski definition) is 1. The molecule has 0 saturated heterocycles. The van der Waals surface area contributed by atoms with Crippen molar-refractivity contribution in [1.82, 2.24) is 0 Å². The summed E-state index contributed by atoms with van der Waals surface area (Å²) >= 11 is 0. The molecule has 1 N–H and O–H groups in total. The summed E-state index contributed by atoms with van der Waals surface area (Å²) in [7, 11) is 1.67. The molecule has 2 heteroatoms. The highest BCUT2D eigenvalue weighted by Crippen LogP contribution is 2.19. The van der Waals surface area contributed by atoms with Crippen molar-refractivity contribution < 1.29 is 9.84 Å². The summed E-state index contributed by atoms with van der Waals surface area (Å²) < 4.78 is 4.95. The Labute approximate surface area is 82.3 Å². The maximum atomic E-state index is 9.88. The number of rotatable bonds is 7. The van der Waals surface area contributed by atoms with Crippen LogP contribution < -0.4 is 0 Å². The van der Waals surface area contributed by atoms with Gasteiger partial charge in [-0.05, 0) is 25.7 Å². The molecule has 1 unspecified atom stereocenters. The monoisotopic (exact) mass is 188 g/mol. The van der Waals surface area contributed by atoms with E-state index < -0.39 is 5.60 Å². The summed E-state index contributed by atoms with van der Waals surface area (Å²) in [6, 6.07) is 0. The molecule has 0 fully saturated rings. The molecule has 0 aliphatic heterocycles. The lowest BCUT2D eigenvalue weighted by Gasteiger charge is -2.23. The van der Waals surface area contributed by atoms with Crippen LogP contribution in [0.1, 0.15) is 46.5 Å². The molecular formula is C11H24O2. The van der Waals surface area contributed by atoms with Crippen LogP contribution in [-0.4, -0.2) is 24.4 Å². The van der Waals surface area contributed by atoms with Crippen LogP contribution in [0.5, 0.6) is 0 Å². The van der Waals surface area contributed by atoms with Gasteiger partial charge in [-0.1, -0.05) is 26.7 Å². The van der Waals surface area contributed by atoms with Crippen LogP contribution in [0.15, 0.2) is 0 Å². The largest absolute Gasteiger partial charge is 0.390 e. The lowest BCUT2D eigenvalue weighted by Crippen LogP contribution is -2.25. The highest BCUT2D eigenvalue weighted by Gasteiger charge is 2.19. The van der Waals surface area contributed by atoms with Crippen molar-refractivity contribution >= 4 is 0 Å². The molecule has 0 heterocycles. The van der Waals surface area contributed by atoms with Gasteiger partial charge in [0.1, 0.15) is 0 Å². The van der Waals surface area contributed by atoms with Gasteiger partial charge in [-0.25, -0.2) is 0 Å². The van der Waals surface area contributed by atoms with E-state index in [2.05, 4.69) is 13.8 Å². The Morgan fingerprint density at radius 2 is 1.92 bits per heavy atom. The van der Waals surface area contributed by atoms with Gasteiger partial charge in [0, 0.05) is 13.7 Å². The van der Waals surface area contributed by atoms with Crippen LogP contribution in [-0.2, 0) is 4.74 Å². The van der Waals surface area contributed by atoms with Crippen LogP contribution in [0.2, 0.25) is 0 Å². The zero-order valence-corrected chi connectivity index (χ0v) is 9.47. The Hall–Kier alpha value is -0.0800. The first kappa shape index (κ1) is 12.9. The zero-order valence-electron chi connectivity index (χ0n) is 9.47. The maximum Gasteiger partial charge on any atom is 0.0641 e. The number of hydrogen-bond acceptors (Lipinski definition) is 2. The van der Waals surface area contributed by atoms with Gasteiger partial charge in [0.2, 0.25) is 0 Å². The molecular weight excluding hydrogens is 164 g/mol. The lowest BCUT2D eigenvalue weighted by atomic mass is 9.93. The fourth-order valence-corrected chi connectivity index (χ4v) is 1.34. The second-order valence-electron chi connectivity index (χ2n) is 4.53. The van der Waals surface area contributed by atoms with E-state index in [1.807, 2.05) is 6.92 Å². The summed E-state index contributed by atoms with van der Waals surface area (Å²) in [6.45, 7) is 6.97. The van der Waals surface area contributed by atoms with Crippen molar-refractivity contribution in [3.63, 3.8) is 0 Å². The molecule has 0 rings (SSSR count). The summed E-state index contributed by atoms with van der Waals surface area (Å²) in [5, 5.41) is 9.88. The molecule has 0 saturated carbocycles. The van der Waals surface area contributed by atoms with Crippen LogP contribution >= 0.6 is 0 Å². The summed E-state index contributed by atoms with van der Waals surface area (Å²) in [5.74, 6) is 0.734. The fourth-order valence-electron chi connectivity index (χ4n) is 1.34. The molecule has 0 aromatic carbocycles. The van der Waals surface area contributed by atoms with E-state index in [9.17, 15) is 5.11 Å². The van der Waals surface area contributed by atoms with Crippen molar-refractivity contribution in [1.29, 1.82) is 0 Å². The molecule has 0 aromatic rings. The van der Waals surface area contributed by atoms with Crippen molar-refractivity contribution in [2.24, 2.45) is 5.92 Å². The molecule has 0 radical (unpaired) electrons. The van der Waals surface area contributed by atoms with Crippen LogP contribution in [0, 0.1) is 5.92 Å². The number of methoxy groups -OCH3 is 1. The first-order chi connectivity index (χ1) is 5.98. The molecule has 0 aliphatic rings. The molecule has 0 spiro atoms. The normalized spacial score (nSPS) is 16.2. The fraction of sp³-hybridized carbons (Fsp3) is 1.00. The minimum absolute atomic E-state index is 0.537. The average Bonchev–Trinajstić information content (AvgIpc) is 2.00. The predicted molar refractivity (Wildman–Crippen MR) is 55.8 cm³/mol. The van der Waals surface area contributed by atoms with Gasteiger partial charge < -0.3 is 9.84 Å². The molecule has 0 bridgehead atoms. The smallest absolute Gasteiger partial charge is 0.0641 e. The van der Waals surface area contributed by atoms with Crippen molar-refractivity contribution in [2.45, 2.75) is 52.1 Å². The second kappa shape index (κ2) is 6.39. The lowest BCUT2D eigenvalue weighted by molar-refractivity contribution is 0.0148. The van der Waals surface area contributed by atoms with Crippen LogP contribution in [0.25, 0.3) is 0 Å². The summed E-state index contributed by atoms with van der Waals surface area (Å²) in [6.07, 6.45) is 3.92. The molecule has 0 amide bonds. The van der Waals surface area contributed by atoms with Crippen molar-refractivity contribution in [2.75, 3.05) is 13.7 Å². The minimum atomic E-state index is -0.537. The Morgan fingerprint density at radius 3 is 2.38 bits per heavy atom. The first-order valence-electron chi connectivity index (χ1n) is 5.19. The average molecular weight is 188 g/mol. The Morgan fingerprint density at radius 1 is 1.31 bits per heavy atom. The standard InChI is InChI=1S/C11H24O2/c1-10(2)6-5-7-11(3,12)8-9-13-4/h10,12H,5-9H2,1-4H3. The van der Waals surface area contributed by atoms with E-state index in [0.29, 0.717) is 6.61 Å². The van der Waals surface area contributed by atoms with Gasteiger partial charge in [0.05, 0.1) is 5.60 Å². The minimum Gasteiger partial charge on any atom is -0.390 e. The molecule has 2 nitrogen and oxygen atoms in total. The maximum absolute atomic E-state index is 9.88. The third-order valence-corrected chi connectivity index (χ3v) is 2.34. The van der Waals surface area contributed by atoms with E-state index >= 15 is 0 Å². The van der Waals surface area contributed by atoms with Crippen LogP contribution in [0.3, 0.4) is 0 Å². The van der Waals surface area contributed by atoms with E-state index in [1.54, 1.807) is 7.11 Å². The van der Waals surface area contributed by atoms with E-state index in [-0.39, 0.29) is 0 Å². The summed E-state index contributed by atoms with van der Waals surface area (Å²) in [5.41, 5.74) is -0.537. The second-order valence-corrected chi connectivity index (χ2v) is 4.53. The number of aliphatic hydroxyl groups is 1. The Bertz CT molecular complexity index is 119. The molecule has 0 aliphatic carbocycles. The van der Waals surface area contributed by atoms with Gasteiger partial charge in [0.15, 0.2) is 0 Å². The SMILES string of the molecule is COCCC(C)(O)CCCC(C)C. The third-order valence-electron chi connectivity index (χ3n) is 2.34. The third kappa shape index (κ3) is 8.26. The highest BCUT2D eigenvalue weighted by atomic mass is 16.5. The Kier molecular flexibility index (Phi) is 6.35. The van der Waals surface area contributed by atoms with Gasteiger partial charge in [-0.2, -0.15) is 0 Å². The number of ether oxygens (including phenoxy) is 1. The van der Waals surface area contributed by atoms with E-state index in [4.69, 9.17) is 4.74 Å². The quantitative estimate of drug-likeness (QED) is 0.665. The zero-order chi connectivity index (χ0) is 10.3. The van der Waals surface area contributed by atoms with Crippen molar-refractivity contribution in [3.05, 3.63) is 0 Å². The van der Waals surface area contributed by atoms with Gasteiger partial charge in [-0.3, -0.25) is 0 Å².